The maximum absolute atomic E-state index is 13.0. The van der Waals surface area contributed by atoms with Crippen LogP contribution in [-0.2, 0) is 19.5 Å². The number of benzene rings is 3. The van der Waals surface area contributed by atoms with Gasteiger partial charge in [0.15, 0.2) is 0 Å². The van der Waals surface area contributed by atoms with Crippen LogP contribution in [0.15, 0.2) is 75.9 Å². The Morgan fingerprint density at radius 3 is 2.25 bits per heavy atom. The van der Waals surface area contributed by atoms with E-state index in [4.69, 9.17) is 9.52 Å². The van der Waals surface area contributed by atoms with E-state index < -0.39 is 11.6 Å². The van der Waals surface area contributed by atoms with Crippen molar-refractivity contribution in [3.63, 3.8) is 0 Å². The lowest BCUT2D eigenvalue weighted by Gasteiger charge is -2.28. The predicted octanol–water partition coefficient (Wildman–Crippen LogP) is 4.42. The van der Waals surface area contributed by atoms with Gasteiger partial charge in [-0.25, -0.2) is 9.59 Å². The van der Waals surface area contributed by atoms with Gasteiger partial charge < -0.3 is 19.3 Å². The molecular formula is C29H26N2O5. The zero-order valence-corrected chi connectivity index (χ0v) is 20.2. The summed E-state index contributed by atoms with van der Waals surface area (Å²) in [5.74, 6) is -1.29. The van der Waals surface area contributed by atoms with Crippen LogP contribution in [-0.4, -0.2) is 47.4 Å². The van der Waals surface area contributed by atoms with E-state index in [1.165, 1.54) is 29.8 Å². The SMILES string of the molecule is CN(C)Cc1ccc(-c2ccc3c4c(c(=O)oc3c2)CN(C(=O)c2ccc(C(=O)O)cc2)CC4)cc1. The van der Waals surface area contributed by atoms with Crippen molar-refractivity contribution in [3.8, 4) is 11.1 Å². The van der Waals surface area contributed by atoms with Crippen molar-refractivity contribution in [2.45, 2.75) is 19.5 Å². The second-order valence-corrected chi connectivity index (χ2v) is 9.35. The number of fused-ring (bicyclic) bond motifs is 3. The summed E-state index contributed by atoms with van der Waals surface area (Å²) in [5, 5.41) is 9.95. The number of hydrogen-bond acceptors (Lipinski definition) is 5. The van der Waals surface area contributed by atoms with E-state index in [0.717, 1.165) is 28.6 Å². The lowest BCUT2D eigenvalue weighted by molar-refractivity contribution is 0.0692. The van der Waals surface area contributed by atoms with Gasteiger partial charge in [-0.3, -0.25) is 4.79 Å². The summed E-state index contributed by atoms with van der Waals surface area (Å²) in [7, 11) is 4.07. The fraction of sp³-hybridized carbons (Fsp3) is 0.207. The van der Waals surface area contributed by atoms with Crippen molar-refractivity contribution < 1.29 is 19.1 Å². The molecule has 0 unspecified atom stereocenters. The average molecular weight is 483 g/mol. The lowest BCUT2D eigenvalue weighted by atomic mass is 9.95. The van der Waals surface area contributed by atoms with Crippen molar-refractivity contribution in [2.24, 2.45) is 0 Å². The Kier molecular flexibility index (Phi) is 6.16. The monoisotopic (exact) mass is 482 g/mol. The highest BCUT2D eigenvalue weighted by atomic mass is 16.4. The number of carbonyl (C=O) groups is 2. The van der Waals surface area contributed by atoms with Gasteiger partial charge in [0.1, 0.15) is 5.58 Å². The fourth-order valence-electron chi connectivity index (χ4n) is 4.72. The molecule has 4 aromatic rings. The fourth-order valence-corrected chi connectivity index (χ4v) is 4.72. The molecule has 182 valence electrons. The number of hydrogen-bond donors (Lipinski definition) is 1. The van der Waals surface area contributed by atoms with E-state index in [1.54, 1.807) is 4.90 Å². The molecule has 0 spiro atoms. The molecule has 0 fully saturated rings. The Balaban J connectivity index is 1.41. The van der Waals surface area contributed by atoms with Crippen LogP contribution < -0.4 is 5.63 Å². The quantitative estimate of drug-likeness (QED) is 0.424. The third kappa shape index (κ3) is 4.53. The van der Waals surface area contributed by atoms with Gasteiger partial charge in [0.2, 0.25) is 0 Å². The molecule has 1 aliphatic rings. The molecule has 7 nitrogen and oxygen atoms in total. The van der Waals surface area contributed by atoms with Crippen LogP contribution in [0, 0.1) is 0 Å². The van der Waals surface area contributed by atoms with Crippen molar-refractivity contribution in [3.05, 3.63) is 105 Å². The van der Waals surface area contributed by atoms with E-state index in [9.17, 15) is 14.4 Å². The molecule has 1 aromatic heterocycles. The molecule has 1 amide bonds. The van der Waals surface area contributed by atoms with Gasteiger partial charge in [-0.15, -0.1) is 0 Å². The molecule has 0 saturated heterocycles. The van der Waals surface area contributed by atoms with Crippen LogP contribution in [0.25, 0.3) is 22.1 Å². The standard InChI is InChI=1S/C29H26N2O5/c1-30(2)16-18-3-5-19(6-4-18)22-11-12-24-23-13-14-31(17-25(23)29(35)36-26(24)15-22)27(32)20-7-9-21(10-8-20)28(33)34/h3-12,15H,13-14,16-17H2,1-2H3,(H,33,34). The van der Waals surface area contributed by atoms with E-state index >= 15 is 0 Å². The van der Waals surface area contributed by atoms with Crippen molar-refractivity contribution in [1.29, 1.82) is 0 Å². The van der Waals surface area contributed by atoms with Crippen LogP contribution in [0.1, 0.15) is 37.4 Å². The van der Waals surface area contributed by atoms with Crippen LogP contribution in [0.2, 0.25) is 0 Å². The van der Waals surface area contributed by atoms with Crippen molar-refractivity contribution >= 4 is 22.8 Å². The van der Waals surface area contributed by atoms with E-state index in [0.29, 0.717) is 29.7 Å². The first kappa shape index (κ1) is 23.5. The third-order valence-electron chi connectivity index (χ3n) is 6.55. The molecule has 2 heterocycles. The summed E-state index contributed by atoms with van der Waals surface area (Å²) in [6, 6.07) is 20.1. The minimum Gasteiger partial charge on any atom is -0.478 e. The molecule has 7 heteroatoms. The minimum atomic E-state index is -1.05. The molecule has 1 aliphatic heterocycles. The Labute approximate surface area is 208 Å². The first-order chi connectivity index (χ1) is 17.3. The number of carbonyl (C=O) groups excluding carboxylic acids is 1. The van der Waals surface area contributed by atoms with E-state index in [2.05, 4.69) is 29.2 Å². The Bertz CT molecular complexity index is 1520. The number of nitrogens with zero attached hydrogens (tertiary/aromatic N) is 2. The average Bonchev–Trinajstić information content (AvgIpc) is 2.88. The summed E-state index contributed by atoms with van der Waals surface area (Å²) in [6.07, 6.45) is 0.537. The number of amides is 1. The van der Waals surface area contributed by atoms with Crippen LogP contribution in [0.5, 0.6) is 0 Å². The van der Waals surface area contributed by atoms with Gasteiger partial charge in [0.05, 0.1) is 17.7 Å². The normalized spacial score (nSPS) is 13.1. The van der Waals surface area contributed by atoms with Crippen LogP contribution in [0.3, 0.4) is 0 Å². The Hall–Kier alpha value is -4.23. The summed E-state index contributed by atoms with van der Waals surface area (Å²) in [6.45, 7) is 1.48. The number of rotatable bonds is 5. The molecular weight excluding hydrogens is 456 g/mol. The number of carboxylic acid groups (broad SMARTS) is 1. The molecule has 0 atom stereocenters. The zero-order chi connectivity index (χ0) is 25.4. The maximum Gasteiger partial charge on any atom is 0.341 e. The van der Waals surface area contributed by atoms with Crippen LogP contribution >= 0.6 is 0 Å². The van der Waals surface area contributed by atoms with Gasteiger partial charge in [-0.1, -0.05) is 36.4 Å². The summed E-state index contributed by atoms with van der Waals surface area (Å²) in [5.41, 5.74) is 5.25. The maximum atomic E-state index is 13.0. The highest BCUT2D eigenvalue weighted by Gasteiger charge is 2.26. The zero-order valence-electron chi connectivity index (χ0n) is 20.2. The first-order valence-corrected chi connectivity index (χ1v) is 11.8. The van der Waals surface area contributed by atoms with Gasteiger partial charge >= 0.3 is 11.6 Å². The lowest BCUT2D eigenvalue weighted by Crippen LogP contribution is -2.38. The Morgan fingerprint density at radius 2 is 1.58 bits per heavy atom. The topological polar surface area (TPSA) is 91.1 Å². The van der Waals surface area contributed by atoms with Gasteiger partial charge in [0, 0.05) is 24.0 Å². The summed E-state index contributed by atoms with van der Waals surface area (Å²) >= 11 is 0. The minimum absolute atomic E-state index is 0.117. The third-order valence-corrected chi connectivity index (χ3v) is 6.55. The Morgan fingerprint density at radius 1 is 0.917 bits per heavy atom. The highest BCUT2D eigenvalue weighted by Crippen LogP contribution is 2.30. The largest absolute Gasteiger partial charge is 0.478 e. The second-order valence-electron chi connectivity index (χ2n) is 9.35. The van der Waals surface area contributed by atoms with Crippen molar-refractivity contribution in [1.82, 2.24) is 9.80 Å². The molecule has 0 aliphatic carbocycles. The predicted molar refractivity (Wildman–Crippen MR) is 137 cm³/mol. The van der Waals surface area contributed by atoms with Gasteiger partial charge in [-0.05, 0) is 73.1 Å². The van der Waals surface area contributed by atoms with E-state index in [1.807, 2.05) is 32.3 Å². The highest BCUT2D eigenvalue weighted by molar-refractivity contribution is 5.96. The number of aromatic carboxylic acids is 1. The summed E-state index contributed by atoms with van der Waals surface area (Å²) < 4.78 is 5.71. The van der Waals surface area contributed by atoms with Crippen LogP contribution in [0.4, 0.5) is 0 Å². The molecule has 0 radical (unpaired) electrons. The number of carboxylic acids is 1. The van der Waals surface area contributed by atoms with Gasteiger partial charge in [-0.2, -0.15) is 0 Å². The molecule has 5 rings (SSSR count). The summed E-state index contributed by atoms with van der Waals surface area (Å²) in [4.78, 5) is 40.7. The van der Waals surface area contributed by atoms with Gasteiger partial charge in [0.25, 0.3) is 5.91 Å². The molecule has 0 saturated carbocycles. The molecule has 36 heavy (non-hydrogen) atoms. The molecule has 0 bridgehead atoms. The van der Waals surface area contributed by atoms with Crippen molar-refractivity contribution in [2.75, 3.05) is 20.6 Å². The first-order valence-electron chi connectivity index (χ1n) is 11.8. The smallest absolute Gasteiger partial charge is 0.341 e. The second kappa shape index (κ2) is 9.43. The molecule has 1 N–H and O–H groups in total. The molecule has 3 aromatic carbocycles. The van der Waals surface area contributed by atoms with E-state index in [-0.39, 0.29) is 18.0 Å².